The molecule has 3 N–H and O–H groups in total. The molecule has 0 saturated carbocycles. The third kappa shape index (κ3) is 3.09. The van der Waals surface area contributed by atoms with E-state index in [2.05, 4.69) is 17.3 Å². The maximum Gasteiger partial charge on any atom is 0.241 e. The molecule has 1 aliphatic rings. The highest BCUT2D eigenvalue weighted by molar-refractivity contribution is 5.83. The van der Waals surface area contributed by atoms with E-state index < -0.39 is 6.04 Å². The van der Waals surface area contributed by atoms with Crippen molar-refractivity contribution < 1.29 is 4.79 Å². The van der Waals surface area contributed by atoms with E-state index in [-0.39, 0.29) is 11.9 Å². The first-order chi connectivity index (χ1) is 8.56. The second-order valence-corrected chi connectivity index (χ2v) is 5.14. The number of hydrogen-bond donors (Lipinski definition) is 2. The molecule has 1 saturated heterocycles. The Morgan fingerprint density at radius 2 is 2.11 bits per heavy atom. The monoisotopic (exact) mass is 247 g/mol. The fourth-order valence-electron chi connectivity index (χ4n) is 2.27. The SMILES string of the molecule is Cc1ccc(C(N)C(=O)NC2CCN(C)C2)cc1. The molecular formula is C14H21N3O. The van der Waals surface area contributed by atoms with Gasteiger partial charge in [0.2, 0.25) is 5.91 Å². The van der Waals surface area contributed by atoms with Crippen molar-refractivity contribution in [2.75, 3.05) is 20.1 Å². The molecule has 1 aliphatic heterocycles. The quantitative estimate of drug-likeness (QED) is 0.831. The fourth-order valence-corrected chi connectivity index (χ4v) is 2.27. The van der Waals surface area contributed by atoms with E-state index in [0.717, 1.165) is 25.1 Å². The number of rotatable bonds is 3. The van der Waals surface area contributed by atoms with Crippen LogP contribution >= 0.6 is 0 Å². The summed E-state index contributed by atoms with van der Waals surface area (Å²) in [6.07, 6.45) is 1.00. The molecule has 98 valence electrons. The summed E-state index contributed by atoms with van der Waals surface area (Å²) in [6.45, 7) is 3.96. The molecule has 2 unspecified atom stereocenters. The van der Waals surface area contributed by atoms with Gasteiger partial charge in [0.1, 0.15) is 6.04 Å². The van der Waals surface area contributed by atoms with Gasteiger partial charge in [-0.05, 0) is 32.5 Å². The van der Waals surface area contributed by atoms with Gasteiger partial charge >= 0.3 is 0 Å². The summed E-state index contributed by atoms with van der Waals surface area (Å²) in [5, 5.41) is 3.02. The van der Waals surface area contributed by atoms with Crippen molar-refractivity contribution >= 4 is 5.91 Å². The van der Waals surface area contributed by atoms with E-state index in [0.29, 0.717) is 0 Å². The van der Waals surface area contributed by atoms with Gasteiger partial charge in [0.15, 0.2) is 0 Å². The standard InChI is InChI=1S/C14H21N3O/c1-10-3-5-11(6-4-10)13(15)14(18)16-12-7-8-17(2)9-12/h3-6,12-13H,7-9,15H2,1-2H3,(H,16,18). The molecule has 0 bridgehead atoms. The number of likely N-dealkylation sites (tertiary alicyclic amines) is 1. The van der Waals surface area contributed by atoms with Crippen molar-refractivity contribution in [1.82, 2.24) is 10.2 Å². The van der Waals surface area contributed by atoms with Crippen LogP contribution in [-0.4, -0.2) is 37.0 Å². The van der Waals surface area contributed by atoms with Crippen molar-refractivity contribution in [3.05, 3.63) is 35.4 Å². The first kappa shape index (κ1) is 13.1. The van der Waals surface area contributed by atoms with Crippen LogP contribution in [0.3, 0.4) is 0 Å². The molecule has 1 heterocycles. The number of likely N-dealkylation sites (N-methyl/N-ethyl adjacent to an activating group) is 1. The molecule has 18 heavy (non-hydrogen) atoms. The van der Waals surface area contributed by atoms with Gasteiger partial charge in [-0.25, -0.2) is 0 Å². The Morgan fingerprint density at radius 3 is 2.67 bits per heavy atom. The Kier molecular flexibility index (Phi) is 3.99. The van der Waals surface area contributed by atoms with Gasteiger partial charge in [-0.15, -0.1) is 0 Å². The van der Waals surface area contributed by atoms with Crippen LogP contribution in [0.4, 0.5) is 0 Å². The summed E-state index contributed by atoms with van der Waals surface area (Å²) in [7, 11) is 2.06. The zero-order chi connectivity index (χ0) is 13.1. The molecule has 0 radical (unpaired) electrons. The number of nitrogens with two attached hydrogens (primary N) is 1. The van der Waals surface area contributed by atoms with Gasteiger partial charge in [-0.2, -0.15) is 0 Å². The van der Waals surface area contributed by atoms with Gasteiger partial charge < -0.3 is 16.0 Å². The summed E-state index contributed by atoms with van der Waals surface area (Å²) in [6, 6.07) is 7.45. The maximum absolute atomic E-state index is 12.0. The Morgan fingerprint density at radius 1 is 1.44 bits per heavy atom. The number of hydrogen-bond acceptors (Lipinski definition) is 3. The van der Waals surface area contributed by atoms with Crippen LogP contribution in [0.2, 0.25) is 0 Å². The zero-order valence-corrected chi connectivity index (χ0v) is 11.0. The second kappa shape index (κ2) is 5.50. The van der Waals surface area contributed by atoms with E-state index in [1.807, 2.05) is 31.2 Å². The van der Waals surface area contributed by atoms with Gasteiger partial charge in [0, 0.05) is 12.6 Å². The third-order valence-electron chi connectivity index (χ3n) is 3.46. The predicted molar refractivity (Wildman–Crippen MR) is 72.2 cm³/mol. The van der Waals surface area contributed by atoms with Gasteiger partial charge in [0.25, 0.3) is 0 Å². The van der Waals surface area contributed by atoms with Crippen LogP contribution in [0.1, 0.15) is 23.6 Å². The molecule has 4 nitrogen and oxygen atoms in total. The normalized spacial score (nSPS) is 21.8. The van der Waals surface area contributed by atoms with Crippen LogP contribution in [0.25, 0.3) is 0 Å². The molecule has 4 heteroatoms. The highest BCUT2D eigenvalue weighted by atomic mass is 16.2. The Hall–Kier alpha value is -1.39. The largest absolute Gasteiger partial charge is 0.350 e. The van der Waals surface area contributed by atoms with Crippen molar-refractivity contribution in [3.8, 4) is 0 Å². The summed E-state index contributed by atoms with van der Waals surface area (Å²) in [5.74, 6) is -0.0841. The minimum atomic E-state index is -0.573. The van der Waals surface area contributed by atoms with Crippen molar-refractivity contribution in [3.63, 3.8) is 0 Å². The van der Waals surface area contributed by atoms with E-state index in [1.165, 1.54) is 5.56 Å². The topological polar surface area (TPSA) is 58.4 Å². The predicted octanol–water partition coefficient (Wildman–Crippen LogP) is 0.815. The Labute approximate surface area is 108 Å². The average Bonchev–Trinajstić information content (AvgIpc) is 2.75. The molecule has 1 aromatic carbocycles. The lowest BCUT2D eigenvalue weighted by Crippen LogP contribution is -2.41. The van der Waals surface area contributed by atoms with E-state index in [1.54, 1.807) is 0 Å². The summed E-state index contributed by atoms with van der Waals surface area (Å²) >= 11 is 0. The van der Waals surface area contributed by atoms with E-state index in [9.17, 15) is 4.79 Å². The minimum absolute atomic E-state index is 0.0841. The highest BCUT2D eigenvalue weighted by Gasteiger charge is 2.24. The molecule has 2 rings (SSSR count). The molecule has 0 spiro atoms. The van der Waals surface area contributed by atoms with Crippen molar-refractivity contribution in [2.24, 2.45) is 5.73 Å². The van der Waals surface area contributed by atoms with Crippen LogP contribution in [0.15, 0.2) is 24.3 Å². The second-order valence-electron chi connectivity index (χ2n) is 5.14. The van der Waals surface area contributed by atoms with Crippen LogP contribution in [-0.2, 0) is 4.79 Å². The van der Waals surface area contributed by atoms with Gasteiger partial charge in [-0.1, -0.05) is 29.8 Å². The Balaban J connectivity index is 1.94. The van der Waals surface area contributed by atoms with E-state index >= 15 is 0 Å². The number of carbonyl (C=O) groups excluding carboxylic acids is 1. The molecule has 1 amide bonds. The smallest absolute Gasteiger partial charge is 0.241 e. The zero-order valence-electron chi connectivity index (χ0n) is 11.0. The first-order valence-corrected chi connectivity index (χ1v) is 6.37. The molecular weight excluding hydrogens is 226 g/mol. The number of nitrogens with one attached hydrogen (secondary N) is 1. The van der Waals surface area contributed by atoms with Gasteiger partial charge in [0.05, 0.1) is 0 Å². The number of aryl methyl sites for hydroxylation is 1. The lowest BCUT2D eigenvalue weighted by atomic mass is 10.0. The molecule has 2 atom stereocenters. The van der Waals surface area contributed by atoms with Crippen LogP contribution < -0.4 is 11.1 Å². The third-order valence-corrected chi connectivity index (χ3v) is 3.46. The van der Waals surface area contributed by atoms with Crippen LogP contribution in [0.5, 0.6) is 0 Å². The van der Waals surface area contributed by atoms with Crippen LogP contribution in [0, 0.1) is 6.92 Å². The average molecular weight is 247 g/mol. The lowest BCUT2D eigenvalue weighted by Gasteiger charge is -2.17. The van der Waals surface area contributed by atoms with Crippen molar-refractivity contribution in [2.45, 2.75) is 25.4 Å². The number of amides is 1. The van der Waals surface area contributed by atoms with Gasteiger partial charge in [-0.3, -0.25) is 4.79 Å². The van der Waals surface area contributed by atoms with Crippen molar-refractivity contribution in [1.29, 1.82) is 0 Å². The maximum atomic E-state index is 12.0. The lowest BCUT2D eigenvalue weighted by molar-refractivity contribution is -0.123. The summed E-state index contributed by atoms with van der Waals surface area (Å²) in [4.78, 5) is 14.2. The number of nitrogens with zero attached hydrogens (tertiary/aromatic N) is 1. The summed E-state index contributed by atoms with van der Waals surface area (Å²) < 4.78 is 0. The molecule has 0 aromatic heterocycles. The Bertz CT molecular complexity index is 416. The minimum Gasteiger partial charge on any atom is -0.350 e. The molecule has 1 fully saturated rings. The van der Waals surface area contributed by atoms with E-state index in [4.69, 9.17) is 5.73 Å². The highest BCUT2D eigenvalue weighted by Crippen LogP contribution is 2.13. The first-order valence-electron chi connectivity index (χ1n) is 6.37. The number of carbonyl (C=O) groups is 1. The molecule has 0 aliphatic carbocycles. The summed E-state index contributed by atoms with van der Waals surface area (Å²) in [5.41, 5.74) is 8.01. The molecule has 1 aromatic rings. The fraction of sp³-hybridized carbons (Fsp3) is 0.500. The number of benzene rings is 1.